The van der Waals surface area contributed by atoms with Crippen LogP contribution in [0.5, 0.6) is 0 Å². The zero-order valence-corrected chi connectivity index (χ0v) is 15.2. The van der Waals surface area contributed by atoms with Crippen molar-refractivity contribution in [1.29, 1.82) is 5.26 Å². The average molecular weight is 396 g/mol. The van der Waals surface area contributed by atoms with Crippen LogP contribution in [0.2, 0.25) is 0 Å². The van der Waals surface area contributed by atoms with E-state index in [4.69, 9.17) is 0 Å². The van der Waals surface area contributed by atoms with Gasteiger partial charge in [0.1, 0.15) is 16.2 Å². The Labute approximate surface area is 155 Å². The molecule has 0 aliphatic heterocycles. The van der Waals surface area contributed by atoms with Crippen molar-refractivity contribution in [3.05, 3.63) is 70.0 Å². The molecule has 1 atom stereocenters. The highest BCUT2D eigenvalue weighted by atomic mass is 79.9. The third-order valence-corrected chi connectivity index (χ3v) is 4.90. The Balaban J connectivity index is 1.81. The topological polar surface area (TPSA) is 65.8 Å². The molecule has 1 aliphatic rings. The van der Waals surface area contributed by atoms with Gasteiger partial charge in [0, 0.05) is 0 Å². The summed E-state index contributed by atoms with van der Waals surface area (Å²) in [7, 11) is 0. The fraction of sp³-hybridized carbons (Fsp3) is 0.250. The molecular weight excluding hydrogens is 378 g/mol. The van der Waals surface area contributed by atoms with Crippen LogP contribution in [-0.4, -0.2) is 10.9 Å². The molecule has 126 valence electrons. The van der Waals surface area contributed by atoms with Crippen LogP contribution in [0.25, 0.3) is 6.08 Å². The number of halogens is 1. The molecule has 1 amide bonds. The van der Waals surface area contributed by atoms with E-state index in [1.165, 1.54) is 12.5 Å². The van der Waals surface area contributed by atoms with Crippen LogP contribution in [0, 0.1) is 17.2 Å². The number of nitrogens with zero attached hydrogens (tertiary/aromatic N) is 2. The number of carbonyl (C=O) groups excluding carboxylic acids is 1. The van der Waals surface area contributed by atoms with E-state index in [1.54, 1.807) is 12.1 Å². The van der Waals surface area contributed by atoms with Gasteiger partial charge in [0.25, 0.3) is 5.91 Å². The third kappa shape index (κ3) is 4.34. The summed E-state index contributed by atoms with van der Waals surface area (Å²) in [5, 5.41) is 12.5. The Morgan fingerprint density at radius 1 is 1.24 bits per heavy atom. The summed E-state index contributed by atoms with van der Waals surface area (Å²) in [6.07, 6.45) is 4.90. The van der Waals surface area contributed by atoms with E-state index in [0.717, 1.165) is 18.4 Å². The van der Waals surface area contributed by atoms with Crippen molar-refractivity contribution in [3.8, 4) is 6.07 Å². The number of nitriles is 1. The molecule has 0 unspecified atom stereocenters. The van der Waals surface area contributed by atoms with Crippen LogP contribution in [-0.2, 0) is 4.79 Å². The largest absolute Gasteiger partial charge is 0.344 e. The molecule has 3 rings (SSSR count). The number of aromatic nitrogens is 1. The molecule has 0 spiro atoms. The Hall–Kier alpha value is -2.45. The Bertz CT molecular complexity index is 822. The van der Waals surface area contributed by atoms with Gasteiger partial charge < -0.3 is 5.32 Å². The van der Waals surface area contributed by atoms with Crippen molar-refractivity contribution in [1.82, 2.24) is 10.3 Å². The summed E-state index contributed by atoms with van der Waals surface area (Å²) < 4.78 is 0.663. The highest BCUT2D eigenvalue weighted by Crippen LogP contribution is 2.37. The molecule has 0 bridgehead atoms. The van der Waals surface area contributed by atoms with E-state index in [9.17, 15) is 10.1 Å². The quantitative estimate of drug-likeness (QED) is 0.463. The monoisotopic (exact) mass is 395 g/mol. The van der Waals surface area contributed by atoms with Crippen LogP contribution in [0.3, 0.4) is 0 Å². The molecule has 1 heterocycles. The van der Waals surface area contributed by atoms with Gasteiger partial charge in [-0.2, -0.15) is 5.26 Å². The summed E-state index contributed by atoms with van der Waals surface area (Å²) in [6.45, 7) is 0. The number of rotatable bonds is 5. The standard InChI is InChI=1S/C20H18BrN3O/c21-18-11-5-10-17(23-18)12-16(13-22)20(25)24-19(15-8-4-9-15)14-6-2-1-3-7-14/h1-3,5-7,10-12,15,19H,4,8-9H2,(H,24,25)/t19-/m1/s1. The lowest BCUT2D eigenvalue weighted by Crippen LogP contribution is -2.36. The van der Waals surface area contributed by atoms with Crippen molar-refractivity contribution in [2.45, 2.75) is 25.3 Å². The van der Waals surface area contributed by atoms with Crippen LogP contribution >= 0.6 is 15.9 Å². The molecule has 2 aromatic rings. The van der Waals surface area contributed by atoms with Crippen molar-refractivity contribution < 1.29 is 4.79 Å². The first-order chi connectivity index (χ1) is 12.2. The molecule has 5 heteroatoms. The highest BCUT2D eigenvalue weighted by Gasteiger charge is 2.30. The zero-order chi connectivity index (χ0) is 17.6. The molecular formula is C20H18BrN3O. The Morgan fingerprint density at radius 3 is 2.60 bits per heavy atom. The smallest absolute Gasteiger partial charge is 0.262 e. The van der Waals surface area contributed by atoms with Crippen molar-refractivity contribution in [2.24, 2.45) is 5.92 Å². The van der Waals surface area contributed by atoms with Crippen LogP contribution < -0.4 is 5.32 Å². The second kappa shape index (κ2) is 8.09. The minimum absolute atomic E-state index is 0.0605. The van der Waals surface area contributed by atoms with Gasteiger partial charge in [0.15, 0.2) is 0 Å². The first kappa shape index (κ1) is 17.4. The van der Waals surface area contributed by atoms with Gasteiger partial charge in [-0.3, -0.25) is 4.79 Å². The minimum atomic E-state index is -0.356. The first-order valence-corrected chi connectivity index (χ1v) is 9.07. The Kier molecular flexibility index (Phi) is 5.62. The summed E-state index contributed by atoms with van der Waals surface area (Å²) in [5.41, 5.74) is 1.71. The van der Waals surface area contributed by atoms with Gasteiger partial charge in [-0.15, -0.1) is 0 Å². The molecule has 1 aliphatic carbocycles. The summed E-state index contributed by atoms with van der Waals surface area (Å²) in [6, 6.07) is 17.3. The molecule has 1 N–H and O–H groups in total. The first-order valence-electron chi connectivity index (χ1n) is 8.27. The fourth-order valence-electron chi connectivity index (χ4n) is 2.93. The van der Waals surface area contributed by atoms with Gasteiger partial charge in [-0.1, -0.05) is 42.8 Å². The maximum Gasteiger partial charge on any atom is 0.262 e. The highest BCUT2D eigenvalue weighted by molar-refractivity contribution is 9.10. The number of hydrogen-bond donors (Lipinski definition) is 1. The molecule has 25 heavy (non-hydrogen) atoms. The predicted molar refractivity (Wildman–Crippen MR) is 100 cm³/mol. The van der Waals surface area contributed by atoms with Crippen LogP contribution in [0.15, 0.2) is 58.7 Å². The van der Waals surface area contributed by atoms with Crippen molar-refractivity contribution in [3.63, 3.8) is 0 Å². The van der Waals surface area contributed by atoms with E-state index in [1.807, 2.05) is 42.5 Å². The van der Waals surface area contributed by atoms with Gasteiger partial charge in [0.05, 0.1) is 11.7 Å². The number of pyridine rings is 1. The molecule has 1 aromatic carbocycles. The Morgan fingerprint density at radius 2 is 2.00 bits per heavy atom. The fourth-order valence-corrected chi connectivity index (χ4v) is 3.28. The van der Waals surface area contributed by atoms with E-state index in [0.29, 0.717) is 16.2 Å². The van der Waals surface area contributed by atoms with Crippen LogP contribution in [0.1, 0.15) is 36.6 Å². The molecule has 0 radical (unpaired) electrons. The van der Waals surface area contributed by atoms with Gasteiger partial charge in [-0.25, -0.2) is 4.98 Å². The minimum Gasteiger partial charge on any atom is -0.344 e. The molecule has 4 nitrogen and oxygen atoms in total. The van der Waals surface area contributed by atoms with E-state index in [-0.39, 0.29) is 17.5 Å². The molecule has 0 saturated heterocycles. The second-order valence-corrected chi connectivity index (χ2v) is 6.92. The third-order valence-electron chi connectivity index (χ3n) is 4.46. The maximum atomic E-state index is 12.7. The number of hydrogen-bond acceptors (Lipinski definition) is 3. The van der Waals surface area contributed by atoms with E-state index in [2.05, 4.69) is 26.2 Å². The predicted octanol–water partition coefficient (Wildman–Crippen LogP) is 4.41. The lowest BCUT2D eigenvalue weighted by Gasteiger charge is -2.34. The summed E-state index contributed by atoms with van der Waals surface area (Å²) in [5.74, 6) is 0.0697. The van der Waals surface area contributed by atoms with Gasteiger partial charge in [-0.05, 0) is 58.5 Å². The van der Waals surface area contributed by atoms with Crippen molar-refractivity contribution in [2.75, 3.05) is 0 Å². The SMILES string of the molecule is N#CC(=Cc1cccc(Br)n1)C(=O)N[C@H](c1ccccc1)C1CCC1. The molecule has 1 saturated carbocycles. The zero-order valence-electron chi connectivity index (χ0n) is 13.7. The lowest BCUT2D eigenvalue weighted by atomic mass is 9.77. The number of nitrogens with one attached hydrogen (secondary N) is 1. The maximum absolute atomic E-state index is 12.7. The summed E-state index contributed by atoms with van der Waals surface area (Å²) >= 11 is 3.29. The van der Waals surface area contributed by atoms with Gasteiger partial charge in [0.2, 0.25) is 0 Å². The van der Waals surface area contributed by atoms with E-state index < -0.39 is 0 Å². The number of benzene rings is 1. The average Bonchev–Trinajstić information content (AvgIpc) is 2.58. The normalized spacial score (nSPS) is 15.8. The number of carbonyl (C=O) groups is 1. The van der Waals surface area contributed by atoms with Gasteiger partial charge >= 0.3 is 0 Å². The summed E-state index contributed by atoms with van der Waals surface area (Å²) in [4.78, 5) is 16.9. The number of amides is 1. The second-order valence-electron chi connectivity index (χ2n) is 6.11. The van der Waals surface area contributed by atoms with E-state index >= 15 is 0 Å². The molecule has 1 fully saturated rings. The molecule has 1 aromatic heterocycles. The van der Waals surface area contributed by atoms with Crippen molar-refractivity contribution >= 4 is 27.9 Å². The van der Waals surface area contributed by atoms with Crippen LogP contribution in [0.4, 0.5) is 0 Å². The lowest BCUT2D eigenvalue weighted by molar-refractivity contribution is -0.118.